The third-order valence-electron chi connectivity index (χ3n) is 2.46. The first kappa shape index (κ1) is 12.7. The molecule has 0 spiro atoms. The van der Waals surface area contributed by atoms with Crippen molar-refractivity contribution < 1.29 is 4.92 Å². The number of non-ortho nitro benzene ring substituents is 1. The molecule has 4 nitrogen and oxygen atoms in total. The minimum absolute atomic E-state index is 0. The van der Waals surface area contributed by atoms with Crippen molar-refractivity contribution in [2.45, 2.75) is 6.42 Å². The molecule has 1 aliphatic rings. The van der Waals surface area contributed by atoms with Gasteiger partial charge in [0.15, 0.2) is 0 Å². The lowest BCUT2D eigenvalue weighted by Gasteiger charge is -2.13. The van der Waals surface area contributed by atoms with Crippen molar-refractivity contribution in [1.82, 2.24) is 5.32 Å². The van der Waals surface area contributed by atoms with Gasteiger partial charge in [-0.1, -0.05) is 18.2 Å². The molecule has 0 aromatic heterocycles. The second-order valence-electron chi connectivity index (χ2n) is 3.50. The van der Waals surface area contributed by atoms with E-state index in [1.165, 1.54) is 6.07 Å². The first-order valence-corrected chi connectivity index (χ1v) is 4.92. The summed E-state index contributed by atoms with van der Waals surface area (Å²) in [5.74, 6) is 0. The number of nitrogens with one attached hydrogen (secondary N) is 1. The molecule has 1 aromatic rings. The third kappa shape index (κ3) is 2.81. The Morgan fingerprint density at radius 3 is 2.81 bits per heavy atom. The molecule has 2 rings (SSSR count). The molecule has 1 N–H and O–H groups in total. The molecule has 16 heavy (non-hydrogen) atoms. The smallest absolute Gasteiger partial charge is 0.270 e. The predicted molar refractivity (Wildman–Crippen MR) is 65.8 cm³/mol. The monoisotopic (exact) mass is 240 g/mol. The molecule has 0 amide bonds. The van der Waals surface area contributed by atoms with Gasteiger partial charge in [-0.2, -0.15) is 0 Å². The highest BCUT2D eigenvalue weighted by atomic mass is 35.5. The highest BCUT2D eigenvalue weighted by Crippen LogP contribution is 2.21. The lowest BCUT2D eigenvalue weighted by molar-refractivity contribution is -0.384. The first-order valence-electron chi connectivity index (χ1n) is 4.92. The average Bonchev–Trinajstić information content (AvgIpc) is 2.30. The number of halogens is 1. The van der Waals surface area contributed by atoms with Gasteiger partial charge in [-0.25, -0.2) is 0 Å². The maximum Gasteiger partial charge on any atom is 0.270 e. The van der Waals surface area contributed by atoms with Crippen LogP contribution in [0.1, 0.15) is 12.0 Å². The van der Waals surface area contributed by atoms with Crippen molar-refractivity contribution in [3.63, 3.8) is 0 Å². The van der Waals surface area contributed by atoms with Gasteiger partial charge in [0.05, 0.1) is 4.92 Å². The summed E-state index contributed by atoms with van der Waals surface area (Å²) in [5, 5.41) is 13.9. The molecule has 0 radical (unpaired) electrons. The predicted octanol–water partition coefficient (Wildman–Crippen LogP) is 2.39. The number of rotatable bonds is 2. The molecule has 1 heterocycles. The van der Waals surface area contributed by atoms with Crippen LogP contribution in [0.15, 0.2) is 30.3 Å². The zero-order valence-electron chi connectivity index (χ0n) is 8.68. The summed E-state index contributed by atoms with van der Waals surface area (Å²) >= 11 is 0. The highest BCUT2D eigenvalue weighted by molar-refractivity contribution is 5.85. The Balaban J connectivity index is 0.00000128. The standard InChI is InChI=1S/C11H12N2O2.ClH/c14-13(15)11-5-1-3-9(7-11)10-4-2-6-12-8-10;/h1,3-5,7,12H,2,6,8H2;1H. The summed E-state index contributed by atoms with van der Waals surface area (Å²) in [6.45, 7) is 1.78. The minimum Gasteiger partial charge on any atom is -0.312 e. The van der Waals surface area contributed by atoms with E-state index < -0.39 is 0 Å². The Bertz CT molecular complexity index is 418. The van der Waals surface area contributed by atoms with Crippen molar-refractivity contribution in [3.05, 3.63) is 46.0 Å². The molecule has 0 atom stereocenters. The fraction of sp³-hybridized carbons (Fsp3) is 0.273. The second kappa shape index (κ2) is 5.63. The fourth-order valence-electron chi connectivity index (χ4n) is 1.68. The van der Waals surface area contributed by atoms with Crippen LogP contribution in [0.3, 0.4) is 0 Å². The zero-order chi connectivity index (χ0) is 10.7. The number of nitro groups is 1. The van der Waals surface area contributed by atoms with Crippen molar-refractivity contribution in [3.8, 4) is 0 Å². The van der Waals surface area contributed by atoms with Gasteiger partial charge < -0.3 is 5.32 Å². The van der Waals surface area contributed by atoms with Crippen LogP contribution < -0.4 is 5.32 Å². The zero-order valence-corrected chi connectivity index (χ0v) is 9.50. The van der Waals surface area contributed by atoms with Gasteiger partial charge in [0.2, 0.25) is 0 Å². The third-order valence-corrected chi connectivity index (χ3v) is 2.46. The molecular formula is C11H13ClN2O2. The number of nitro benzene ring substituents is 1. The Kier molecular flexibility index (Phi) is 4.46. The van der Waals surface area contributed by atoms with E-state index in [2.05, 4.69) is 11.4 Å². The lowest BCUT2D eigenvalue weighted by Crippen LogP contribution is -2.21. The summed E-state index contributed by atoms with van der Waals surface area (Å²) in [6.07, 6.45) is 3.12. The molecule has 0 aliphatic carbocycles. The van der Waals surface area contributed by atoms with Crippen molar-refractivity contribution in [2.24, 2.45) is 0 Å². The van der Waals surface area contributed by atoms with Crippen LogP contribution in [0, 0.1) is 10.1 Å². The van der Waals surface area contributed by atoms with Gasteiger partial charge in [0, 0.05) is 18.7 Å². The molecule has 5 heteroatoms. The van der Waals surface area contributed by atoms with E-state index in [1.807, 2.05) is 6.07 Å². The quantitative estimate of drug-likeness (QED) is 0.638. The summed E-state index contributed by atoms with van der Waals surface area (Å²) in [6, 6.07) is 6.77. The molecular weight excluding hydrogens is 228 g/mol. The van der Waals surface area contributed by atoms with E-state index in [0.717, 1.165) is 30.6 Å². The Hall–Kier alpha value is -1.39. The summed E-state index contributed by atoms with van der Waals surface area (Å²) in [7, 11) is 0. The highest BCUT2D eigenvalue weighted by Gasteiger charge is 2.10. The molecule has 1 aromatic carbocycles. The van der Waals surface area contributed by atoms with Gasteiger partial charge >= 0.3 is 0 Å². The molecule has 0 saturated heterocycles. The van der Waals surface area contributed by atoms with Crippen LogP contribution >= 0.6 is 12.4 Å². The van der Waals surface area contributed by atoms with E-state index in [9.17, 15) is 10.1 Å². The minimum atomic E-state index is -0.361. The maximum atomic E-state index is 10.6. The first-order chi connectivity index (χ1) is 7.27. The number of nitrogens with zero attached hydrogens (tertiary/aromatic N) is 1. The largest absolute Gasteiger partial charge is 0.312 e. The average molecular weight is 241 g/mol. The maximum absolute atomic E-state index is 10.6. The SMILES string of the molecule is Cl.O=[N+]([O-])c1cccc(C2=CCCNC2)c1. The molecule has 1 aliphatic heterocycles. The van der Waals surface area contributed by atoms with E-state index >= 15 is 0 Å². The van der Waals surface area contributed by atoms with Crippen molar-refractivity contribution in [2.75, 3.05) is 13.1 Å². The van der Waals surface area contributed by atoms with E-state index in [-0.39, 0.29) is 23.0 Å². The van der Waals surface area contributed by atoms with Crippen LogP contribution in [-0.2, 0) is 0 Å². The van der Waals surface area contributed by atoms with Gasteiger partial charge in [0.1, 0.15) is 0 Å². The number of hydrogen-bond acceptors (Lipinski definition) is 3. The van der Waals surface area contributed by atoms with E-state index in [0.29, 0.717) is 0 Å². The normalized spacial score (nSPS) is 14.9. The van der Waals surface area contributed by atoms with E-state index in [4.69, 9.17) is 0 Å². The lowest BCUT2D eigenvalue weighted by atomic mass is 10.0. The van der Waals surface area contributed by atoms with Gasteiger partial charge in [-0.15, -0.1) is 12.4 Å². The summed E-state index contributed by atoms with van der Waals surface area (Å²) in [4.78, 5) is 10.2. The Labute approximate surface area is 99.9 Å². The number of hydrogen-bond donors (Lipinski definition) is 1. The molecule has 0 saturated carbocycles. The van der Waals surface area contributed by atoms with Gasteiger partial charge in [-0.05, 0) is 24.1 Å². The van der Waals surface area contributed by atoms with Crippen LogP contribution in [0.5, 0.6) is 0 Å². The van der Waals surface area contributed by atoms with Crippen LogP contribution in [-0.4, -0.2) is 18.0 Å². The topological polar surface area (TPSA) is 55.2 Å². The van der Waals surface area contributed by atoms with Gasteiger partial charge in [-0.3, -0.25) is 10.1 Å². The van der Waals surface area contributed by atoms with Crippen LogP contribution in [0.25, 0.3) is 5.57 Å². The second-order valence-corrected chi connectivity index (χ2v) is 3.50. The molecule has 0 unspecified atom stereocenters. The Morgan fingerprint density at radius 1 is 1.38 bits per heavy atom. The fourth-order valence-corrected chi connectivity index (χ4v) is 1.68. The van der Waals surface area contributed by atoms with Gasteiger partial charge in [0.25, 0.3) is 5.69 Å². The molecule has 0 fully saturated rings. The molecule has 0 bridgehead atoms. The van der Waals surface area contributed by atoms with Crippen LogP contribution in [0.2, 0.25) is 0 Å². The van der Waals surface area contributed by atoms with Crippen molar-refractivity contribution in [1.29, 1.82) is 0 Å². The Morgan fingerprint density at radius 2 is 2.19 bits per heavy atom. The summed E-state index contributed by atoms with van der Waals surface area (Å²) in [5.41, 5.74) is 2.24. The van der Waals surface area contributed by atoms with Crippen molar-refractivity contribution >= 4 is 23.7 Å². The van der Waals surface area contributed by atoms with Crippen LogP contribution in [0.4, 0.5) is 5.69 Å². The summed E-state index contributed by atoms with van der Waals surface area (Å²) < 4.78 is 0. The molecule has 86 valence electrons. The number of benzene rings is 1. The van der Waals surface area contributed by atoms with E-state index in [1.54, 1.807) is 12.1 Å².